The van der Waals surface area contributed by atoms with Gasteiger partial charge in [0.2, 0.25) is 0 Å². The van der Waals surface area contributed by atoms with E-state index in [2.05, 4.69) is 49.3 Å². The lowest BCUT2D eigenvalue weighted by atomic mass is 9.98. The zero-order chi connectivity index (χ0) is 13.0. The van der Waals surface area contributed by atoms with Gasteiger partial charge in [-0.25, -0.2) is 0 Å². The molecule has 0 saturated carbocycles. The summed E-state index contributed by atoms with van der Waals surface area (Å²) in [6.07, 6.45) is 2.71. The molecular weight excluding hydrogens is 220 g/mol. The largest absolute Gasteiger partial charge is 0.316 e. The van der Waals surface area contributed by atoms with E-state index in [0.29, 0.717) is 0 Å². The van der Waals surface area contributed by atoms with Crippen molar-refractivity contribution in [1.29, 1.82) is 0 Å². The summed E-state index contributed by atoms with van der Waals surface area (Å²) < 4.78 is 0. The van der Waals surface area contributed by atoms with Crippen LogP contribution in [0.25, 0.3) is 0 Å². The van der Waals surface area contributed by atoms with E-state index in [0.717, 1.165) is 12.5 Å². The van der Waals surface area contributed by atoms with Crippen LogP contribution >= 0.6 is 0 Å². The molecule has 2 heteroatoms. The highest BCUT2D eigenvalue weighted by Gasteiger charge is 2.15. The zero-order valence-electron chi connectivity index (χ0n) is 12.0. The lowest BCUT2D eigenvalue weighted by Crippen LogP contribution is -2.36. The molecule has 1 aromatic rings. The number of aryl methyl sites for hydroxylation is 2. The van der Waals surface area contributed by atoms with Gasteiger partial charge in [-0.2, -0.15) is 0 Å². The molecule has 0 aliphatic carbocycles. The fourth-order valence-corrected chi connectivity index (χ4v) is 2.85. The Morgan fingerprint density at radius 2 is 2.17 bits per heavy atom. The molecule has 1 aromatic carbocycles. The number of nitrogens with zero attached hydrogens (tertiary/aromatic N) is 1. The summed E-state index contributed by atoms with van der Waals surface area (Å²) in [5.74, 6) is 0.828. The lowest BCUT2D eigenvalue weighted by molar-refractivity contribution is 0.237. The summed E-state index contributed by atoms with van der Waals surface area (Å²) >= 11 is 0. The van der Waals surface area contributed by atoms with Crippen molar-refractivity contribution in [2.24, 2.45) is 5.92 Å². The van der Waals surface area contributed by atoms with Crippen molar-refractivity contribution < 1.29 is 0 Å². The van der Waals surface area contributed by atoms with Crippen LogP contribution in [0.15, 0.2) is 18.2 Å². The van der Waals surface area contributed by atoms with Gasteiger partial charge >= 0.3 is 0 Å². The van der Waals surface area contributed by atoms with E-state index in [4.69, 9.17) is 0 Å². The average molecular weight is 246 g/mol. The highest BCUT2D eigenvalue weighted by atomic mass is 15.1. The van der Waals surface area contributed by atoms with Crippen molar-refractivity contribution in [1.82, 2.24) is 10.2 Å². The SMILES string of the molecule is Cc1ccc(C)c(CN(C)CC2CCCNC2)c1. The Bertz CT molecular complexity index is 381. The van der Waals surface area contributed by atoms with Gasteiger partial charge in [-0.15, -0.1) is 0 Å². The molecule has 0 spiro atoms. The third-order valence-corrected chi connectivity index (χ3v) is 3.91. The van der Waals surface area contributed by atoms with Gasteiger partial charge in [-0.1, -0.05) is 23.8 Å². The van der Waals surface area contributed by atoms with Gasteiger partial charge in [-0.3, -0.25) is 0 Å². The number of hydrogen-bond donors (Lipinski definition) is 1. The second kappa shape index (κ2) is 6.35. The average Bonchev–Trinajstić information content (AvgIpc) is 2.35. The third kappa shape index (κ3) is 3.82. The zero-order valence-corrected chi connectivity index (χ0v) is 12.0. The molecule has 1 saturated heterocycles. The highest BCUT2D eigenvalue weighted by molar-refractivity contribution is 5.30. The van der Waals surface area contributed by atoms with Crippen LogP contribution in [0, 0.1) is 19.8 Å². The maximum Gasteiger partial charge on any atom is 0.0233 e. The summed E-state index contributed by atoms with van der Waals surface area (Å²) in [6, 6.07) is 6.76. The van der Waals surface area contributed by atoms with E-state index in [1.807, 2.05) is 0 Å². The predicted molar refractivity (Wildman–Crippen MR) is 77.8 cm³/mol. The van der Waals surface area contributed by atoms with Crippen molar-refractivity contribution in [2.45, 2.75) is 33.2 Å². The molecule has 1 N–H and O–H groups in total. The molecule has 2 rings (SSSR count). The first-order valence-electron chi connectivity index (χ1n) is 7.10. The second-order valence-electron chi connectivity index (χ2n) is 5.84. The van der Waals surface area contributed by atoms with Crippen molar-refractivity contribution >= 4 is 0 Å². The van der Waals surface area contributed by atoms with Gasteiger partial charge in [0.25, 0.3) is 0 Å². The summed E-state index contributed by atoms with van der Waals surface area (Å²) in [6.45, 7) is 9.07. The van der Waals surface area contributed by atoms with Crippen LogP contribution < -0.4 is 5.32 Å². The summed E-state index contributed by atoms with van der Waals surface area (Å²) in [7, 11) is 2.25. The molecule has 0 amide bonds. The molecule has 0 bridgehead atoms. The summed E-state index contributed by atoms with van der Waals surface area (Å²) in [5.41, 5.74) is 4.25. The molecule has 1 heterocycles. The maximum atomic E-state index is 3.50. The van der Waals surface area contributed by atoms with Crippen LogP contribution in [0.1, 0.15) is 29.5 Å². The minimum Gasteiger partial charge on any atom is -0.316 e. The molecule has 1 unspecified atom stereocenters. The number of benzene rings is 1. The maximum absolute atomic E-state index is 3.50. The number of nitrogens with one attached hydrogen (secondary N) is 1. The van der Waals surface area contributed by atoms with E-state index in [1.54, 1.807) is 0 Å². The Kier molecular flexibility index (Phi) is 4.79. The Balaban J connectivity index is 1.89. The van der Waals surface area contributed by atoms with Gasteiger partial charge in [0.05, 0.1) is 0 Å². The number of hydrogen-bond acceptors (Lipinski definition) is 2. The van der Waals surface area contributed by atoms with Crippen LogP contribution in [0.5, 0.6) is 0 Å². The van der Waals surface area contributed by atoms with E-state index in [9.17, 15) is 0 Å². The molecule has 1 fully saturated rings. The molecule has 2 nitrogen and oxygen atoms in total. The Labute approximate surface area is 111 Å². The molecule has 1 aliphatic rings. The van der Waals surface area contributed by atoms with Gasteiger partial charge in [0.1, 0.15) is 0 Å². The Hall–Kier alpha value is -0.860. The van der Waals surface area contributed by atoms with E-state index in [1.165, 1.54) is 49.2 Å². The summed E-state index contributed by atoms with van der Waals surface area (Å²) in [4.78, 5) is 2.47. The fraction of sp³-hybridized carbons (Fsp3) is 0.625. The van der Waals surface area contributed by atoms with Crippen LogP contribution in [0.4, 0.5) is 0 Å². The van der Waals surface area contributed by atoms with E-state index in [-0.39, 0.29) is 0 Å². The van der Waals surface area contributed by atoms with Crippen molar-refractivity contribution in [2.75, 3.05) is 26.7 Å². The first-order chi connectivity index (χ1) is 8.65. The van der Waals surface area contributed by atoms with Gasteiger partial charge in [-0.05, 0) is 63.9 Å². The minimum absolute atomic E-state index is 0.828. The molecule has 1 aliphatic heterocycles. The topological polar surface area (TPSA) is 15.3 Å². The minimum atomic E-state index is 0.828. The van der Waals surface area contributed by atoms with E-state index < -0.39 is 0 Å². The smallest absolute Gasteiger partial charge is 0.0233 e. The lowest BCUT2D eigenvalue weighted by Gasteiger charge is -2.28. The van der Waals surface area contributed by atoms with E-state index >= 15 is 0 Å². The number of piperidine rings is 1. The molecule has 100 valence electrons. The predicted octanol–water partition coefficient (Wildman–Crippen LogP) is 2.73. The van der Waals surface area contributed by atoms with Gasteiger partial charge < -0.3 is 10.2 Å². The van der Waals surface area contributed by atoms with Crippen LogP contribution in [-0.2, 0) is 6.54 Å². The highest BCUT2D eigenvalue weighted by Crippen LogP contribution is 2.15. The van der Waals surface area contributed by atoms with Gasteiger partial charge in [0, 0.05) is 13.1 Å². The first-order valence-corrected chi connectivity index (χ1v) is 7.10. The van der Waals surface area contributed by atoms with Crippen molar-refractivity contribution in [3.05, 3.63) is 34.9 Å². The second-order valence-corrected chi connectivity index (χ2v) is 5.84. The van der Waals surface area contributed by atoms with Crippen LogP contribution in [0.2, 0.25) is 0 Å². The fourth-order valence-electron chi connectivity index (χ4n) is 2.85. The molecule has 0 aromatic heterocycles. The molecule has 0 radical (unpaired) electrons. The summed E-state index contributed by atoms with van der Waals surface area (Å²) in [5, 5.41) is 3.50. The quantitative estimate of drug-likeness (QED) is 0.879. The third-order valence-electron chi connectivity index (χ3n) is 3.91. The normalized spacial score (nSPS) is 20.3. The van der Waals surface area contributed by atoms with Crippen molar-refractivity contribution in [3.63, 3.8) is 0 Å². The monoisotopic (exact) mass is 246 g/mol. The van der Waals surface area contributed by atoms with Crippen LogP contribution in [-0.4, -0.2) is 31.6 Å². The molecule has 18 heavy (non-hydrogen) atoms. The standard InChI is InChI=1S/C16H26N2/c1-13-6-7-14(2)16(9-13)12-18(3)11-15-5-4-8-17-10-15/h6-7,9,15,17H,4-5,8,10-12H2,1-3H3. The van der Waals surface area contributed by atoms with Gasteiger partial charge in [0.15, 0.2) is 0 Å². The number of rotatable bonds is 4. The Morgan fingerprint density at radius 1 is 1.33 bits per heavy atom. The molecule has 1 atom stereocenters. The Morgan fingerprint density at radius 3 is 2.89 bits per heavy atom. The van der Waals surface area contributed by atoms with Crippen molar-refractivity contribution in [3.8, 4) is 0 Å². The first kappa shape index (κ1) is 13.6. The van der Waals surface area contributed by atoms with Crippen LogP contribution in [0.3, 0.4) is 0 Å². The molecular formula is C16H26N2.